The lowest BCUT2D eigenvalue weighted by atomic mass is 10.2. The van der Waals surface area contributed by atoms with Crippen LogP contribution in [-0.4, -0.2) is 34.2 Å². The molecule has 3 aromatic rings. The Kier molecular flexibility index (Phi) is 5.21. The number of thiophene rings is 1. The minimum atomic E-state index is -4.49. The normalized spacial score (nSPS) is 11.3. The predicted octanol–water partition coefficient (Wildman–Crippen LogP) is 3.39. The van der Waals surface area contributed by atoms with Gasteiger partial charge in [0.15, 0.2) is 5.69 Å². The first-order chi connectivity index (χ1) is 12.4. The zero-order chi connectivity index (χ0) is 18.6. The van der Waals surface area contributed by atoms with Crippen LogP contribution in [0.15, 0.2) is 41.9 Å². The maximum absolute atomic E-state index is 12.9. The number of anilines is 1. The third kappa shape index (κ3) is 4.20. The lowest BCUT2D eigenvalue weighted by Crippen LogP contribution is -2.29. The second-order valence-corrected chi connectivity index (χ2v) is 6.17. The summed E-state index contributed by atoms with van der Waals surface area (Å²) in [4.78, 5) is 16.7. The molecule has 26 heavy (non-hydrogen) atoms. The average molecular weight is 381 g/mol. The molecular weight excluding hydrogens is 367 g/mol. The van der Waals surface area contributed by atoms with Gasteiger partial charge in [0, 0.05) is 19.3 Å². The molecule has 3 heterocycles. The van der Waals surface area contributed by atoms with Crippen LogP contribution in [-0.2, 0) is 6.18 Å². The van der Waals surface area contributed by atoms with Crippen molar-refractivity contribution in [2.24, 2.45) is 0 Å². The Morgan fingerprint density at radius 3 is 2.81 bits per heavy atom. The molecule has 10 heteroatoms. The molecule has 1 amide bonds. The molecule has 6 nitrogen and oxygen atoms in total. The molecule has 0 aromatic carbocycles. The quantitative estimate of drug-likeness (QED) is 0.572. The number of H-pyrrole nitrogens is 1. The Morgan fingerprint density at radius 2 is 2.08 bits per heavy atom. The van der Waals surface area contributed by atoms with Crippen LogP contribution in [0.25, 0.3) is 10.6 Å². The number of nitrogens with zero attached hydrogens (tertiary/aromatic N) is 2. The van der Waals surface area contributed by atoms with E-state index in [2.05, 4.69) is 25.8 Å². The summed E-state index contributed by atoms with van der Waals surface area (Å²) >= 11 is 1.51. The standard InChI is InChI=1S/C16H14F3N5OS/c17-16(18,19)10-3-1-5-20-14(10)21-6-7-22-15(25)12-9-11(23-24-12)13-4-2-8-26-13/h1-5,8-9H,6-7H2,(H,20,21)(H,22,25)(H,23,24). The van der Waals surface area contributed by atoms with Crippen LogP contribution in [0.5, 0.6) is 0 Å². The fraction of sp³-hybridized carbons (Fsp3) is 0.188. The molecule has 0 aliphatic carbocycles. The number of nitrogens with one attached hydrogen (secondary N) is 3. The van der Waals surface area contributed by atoms with E-state index in [-0.39, 0.29) is 24.6 Å². The van der Waals surface area contributed by atoms with Gasteiger partial charge in [0.05, 0.1) is 16.1 Å². The third-order valence-electron chi connectivity index (χ3n) is 3.41. The second kappa shape index (κ2) is 7.56. The van der Waals surface area contributed by atoms with Gasteiger partial charge in [0.2, 0.25) is 0 Å². The lowest BCUT2D eigenvalue weighted by molar-refractivity contribution is -0.137. The summed E-state index contributed by atoms with van der Waals surface area (Å²) in [6.07, 6.45) is -3.22. The highest BCUT2D eigenvalue weighted by Crippen LogP contribution is 2.33. The number of hydrogen-bond donors (Lipinski definition) is 3. The molecular formula is C16H14F3N5OS. The minimum Gasteiger partial charge on any atom is -0.368 e. The van der Waals surface area contributed by atoms with E-state index >= 15 is 0 Å². The van der Waals surface area contributed by atoms with E-state index in [1.165, 1.54) is 23.6 Å². The number of aromatic amines is 1. The Morgan fingerprint density at radius 1 is 1.23 bits per heavy atom. The Labute approximate surface area is 150 Å². The highest BCUT2D eigenvalue weighted by molar-refractivity contribution is 7.13. The monoisotopic (exact) mass is 381 g/mol. The van der Waals surface area contributed by atoms with Crippen LogP contribution < -0.4 is 10.6 Å². The van der Waals surface area contributed by atoms with E-state index < -0.39 is 17.6 Å². The molecule has 0 aliphatic rings. The van der Waals surface area contributed by atoms with E-state index in [4.69, 9.17) is 0 Å². The average Bonchev–Trinajstić information content (AvgIpc) is 3.28. The number of carbonyl (C=O) groups excluding carboxylic acids is 1. The molecule has 0 saturated heterocycles. The Bertz CT molecular complexity index is 876. The van der Waals surface area contributed by atoms with Crippen LogP contribution >= 0.6 is 11.3 Å². The number of alkyl halides is 3. The molecule has 0 spiro atoms. The number of amides is 1. The first-order valence-electron chi connectivity index (χ1n) is 7.59. The van der Waals surface area contributed by atoms with Gasteiger partial charge in [-0.2, -0.15) is 18.3 Å². The van der Waals surface area contributed by atoms with Gasteiger partial charge < -0.3 is 10.6 Å². The first kappa shape index (κ1) is 17.9. The van der Waals surface area contributed by atoms with Crippen LogP contribution in [0.3, 0.4) is 0 Å². The van der Waals surface area contributed by atoms with Gasteiger partial charge in [-0.3, -0.25) is 9.89 Å². The van der Waals surface area contributed by atoms with Gasteiger partial charge in [-0.05, 0) is 29.6 Å². The molecule has 0 atom stereocenters. The van der Waals surface area contributed by atoms with Crippen molar-refractivity contribution < 1.29 is 18.0 Å². The third-order valence-corrected chi connectivity index (χ3v) is 4.32. The van der Waals surface area contributed by atoms with Crippen molar-refractivity contribution >= 4 is 23.1 Å². The molecule has 0 bridgehead atoms. The molecule has 3 aromatic heterocycles. The largest absolute Gasteiger partial charge is 0.419 e. The number of hydrogen-bond acceptors (Lipinski definition) is 5. The maximum atomic E-state index is 12.9. The number of carbonyl (C=O) groups is 1. The lowest BCUT2D eigenvalue weighted by Gasteiger charge is -2.13. The number of pyridine rings is 1. The zero-order valence-corrected chi connectivity index (χ0v) is 14.1. The molecule has 0 aliphatic heterocycles. The van der Waals surface area contributed by atoms with Crippen LogP contribution in [0.4, 0.5) is 19.0 Å². The number of halogens is 3. The molecule has 136 valence electrons. The topological polar surface area (TPSA) is 82.7 Å². The van der Waals surface area contributed by atoms with E-state index in [0.717, 1.165) is 16.6 Å². The molecule has 0 saturated carbocycles. The van der Waals surface area contributed by atoms with E-state index in [9.17, 15) is 18.0 Å². The SMILES string of the molecule is O=C(NCCNc1ncccc1C(F)(F)F)c1cc(-c2cccs2)[nH]n1. The van der Waals surface area contributed by atoms with Crippen LogP contribution in [0.1, 0.15) is 16.1 Å². The number of rotatable bonds is 6. The van der Waals surface area contributed by atoms with Crippen molar-refractivity contribution in [2.45, 2.75) is 6.18 Å². The van der Waals surface area contributed by atoms with E-state index in [1.807, 2.05) is 17.5 Å². The minimum absolute atomic E-state index is 0.0913. The fourth-order valence-electron chi connectivity index (χ4n) is 2.22. The highest BCUT2D eigenvalue weighted by Gasteiger charge is 2.33. The number of aromatic nitrogens is 3. The van der Waals surface area contributed by atoms with Gasteiger partial charge in [-0.25, -0.2) is 4.98 Å². The summed E-state index contributed by atoms with van der Waals surface area (Å²) in [6, 6.07) is 7.57. The first-order valence-corrected chi connectivity index (χ1v) is 8.46. The van der Waals surface area contributed by atoms with Crippen LogP contribution in [0.2, 0.25) is 0 Å². The zero-order valence-electron chi connectivity index (χ0n) is 13.3. The summed E-state index contributed by atoms with van der Waals surface area (Å²) in [5, 5.41) is 13.8. The van der Waals surface area contributed by atoms with Gasteiger partial charge >= 0.3 is 6.18 Å². The molecule has 0 fully saturated rings. The van der Waals surface area contributed by atoms with Crippen molar-refractivity contribution in [3.05, 3.63) is 53.2 Å². The smallest absolute Gasteiger partial charge is 0.368 e. The summed E-state index contributed by atoms with van der Waals surface area (Å²) in [5.74, 6) is -0.683. The molecule has 3 rings (SSSR count). The summed E-state index contributed by atoms with van der Waals surface area (Å²) in [6.45, 7) is 0.210. The van der Waals surface area contributed by atoms with E-state index in [1.54, 1.807) is 6.07 Å². The fourth-order valence-corrected chi connectivity index (χ4v) is 2.91. The van der Waals surface area contributed by atoms with Gasteiger partial charge in [0.1, 0.15) is 5.82 Å². The summed E-state index contributed by atoms with van der Waals surface area (Å²) < 4.78 is 38.6. The van der Waals surface area contributed by atoms with Crippen molar-refractivity contribution in [3.63, 3.8) is 0 Å². The highest BCUT2D eigenvalue weighted by atomic mass is 32.1. The van der Waals surface area contributed by atoms with Gasteiger partial charge in [0.25, 0.3) is 5.91 Å². The maximum Gasteiger partial charge on any atom is 0.419 e. The Hall–Kier alpha value is -2.88. The van der Waals surface area contributed by atoms with E-state index in [0.29, 0.717) is 0 Å². The van der Waals surface area contributed by atoms with Crippen molar-refractivity contribution in [2.75, 3.05) is 18.4 Å². The second-order valence-electron chi connectivity index (χ2n) is 5.22. The molecule has 0 unspecified atom stereocenters. The summed E-state index contributed by atoms with van der Waals surface area (Å²) in [5.41, 5.74) is 0.0908. The van der Waals surface area contributed by atoms with Crippen molar-refractivity contribution in [1.82, 2.24) is 20.5 Å². The predicted molar refractivity (Wildman–Crippen MR) is 92.0 cm³/mol. The van der Waals surface area contributed by atoms with Gasteiger partial charge in [-0.1, -0.05) is 6.07 Å². The van der Waals surface area contributed by atoms with Crippen molar-refractivity contribution in [1.29, 1.82) is 0 Å². The van der Waals surface area contributed by atoms with Crippen molar-refractivity contribution in [3.8, 4) is 10.6 Å². The Balaban J connectivity index is 1.52. The summed E-state index contributed by atoms with van der Waals surface area (Å²) in [7, 11) is 0. The molecule has 0 radical (unpaired) electrons. The van der Waals surface area contributed by atoms with Gasteiger partial charge in [-0.15, -0.1) is 11.3 Å². The molecule has 3 N–H and O–H groups in total. The van der Waals surface area contributed by atoms with Crippen LogP contribution in [0, 0.1) is 0 Å².